The average Bonchev–Trinajstić information content (AvgIpc) is 3.03. The molecule has 0 bridgehead atoms. The summed E-state index contributed by atoms with van der Waals surface area (Å²) in [6.45, 7) is 3.82. The molecule has 0 aliphatic carbocycles. The molecule has 26 heavy (non-hydrogen) atoms. The third-order valence-corrected chi connectivity index (χ3v) is 4.77. The van der Waals surface area contributed by atoms with Crippen LogP contribution in [0.2, 0.25) is 0 Å². The number of nitrogens with zero attached hydrogens (tertiary/aromatic N) is 4. The second-order valence-electron chi connectivity index (χ2n) is 6.56. The fourth-order valence-corrected chi connectivity index (χ4v) is 3.41. The van der Waals surface area contributed by atoms with Crippen LogP contribution in [0.5, 0.6) is 0 Å². The minimum atomic E-state index is -0.318. The Morgan fingerprint density at radius 3 is 2.65 bits per heavy atom. The van der Waals surface area contributed by atoms with Crippen molar-refractivity contribution in [1.29, 1.82) is 0 Å². The SMILES string of the molecule is Cc1nc(C(=O)N2c3ccccc3CC[C@@H]2C)nn1-c1ccc(F)cc1. The minimum absolute atomic E-state index is 0.0791. The van der Waals surface area contributed by atoms with E-state index in [9.17, 15) is 9.18 Å². The zero-order valence-electron chi connectivity index (χ0n) is 14.7. The number of aryl methyl sites for hydroxylation is 2. The summed E-state index contributed by atoms with van der Waals surface area (Å²) in [6.07, 6.45) is 1.86. The van der Waals surface area contributed by atoms with E-state index in [0.717, 1.165) is 24.1 Å². The first-order chi connectivity index (χ1) is 12.5. The van der Waals surface area contributed by atoms with E-state index in [1.165, 1.54) is 12.1 Å². The highest BCUT2D eigenvalue weighted by Crippen LogP contribution is 2.31. The number of para-hydroxylation sites is 1. The van der Waals surface area contributed by atoms with E-state index >= 15 is 0 Å². The van der Waals surface area contributed by atoms with Gasteiger partial charge in [-0.25, -0.2) is 14.1 Å². The summed E-state index contributed by atoms with van der Waals surface area (Å²) in [5.74, 6) is 0.198. The zero-order valence-corrected chi connectivity index (χ0v) is 14.7. The van der Waals surface area contributed by atoms with Crippen molar-refractivity contribution >= 4 is 11.6 Å². The monoisotopic (exact) mass is 350 g/mol. The van der Waals surface area contributed by atoms with E-state index < -0.39 is 0 Å². The lowest BCUT2D eigenvalue weighted by Crippen LogP contribution is -2.42. The van der Waals surface area contributed by atoms with Crippen molar-refractivity contribution in [3.05, 3.63) is 71.6 Å². The Labute approximate surface area is 151 Å². The fraction of sp³-hybridized carbons (Fsp3) is 0.250. The molecular formula is C20H19FN4O. The van der Waals surface area contributed by atoms with Crippen molar-refractivity contribution in [3.8, 4) is 5.69 Å². The molecule has 2 aromatic carbocycles. The van der Waals surface area contributed by atoms with Gasteiger partial charge in [0.25, 0.3) is 5.91 Å². The highest BCUT2D eigenvalue weighted by molar-refractivity contribution is 6.04. The molecule has 0 spiro atoms. The molecule has 0 saturated carbocycles. The van der Waals surface area contributed by atoms with Crippen molar-refractivity contribution in [1.82, 2.24) is 14.8 Å². The molecule has 4 rings (SSSR count). The van der Waals surface area contributed by atoms with E-state index in [1.807, 2.05) is 25.1 Å². The number of carbonyl (C=O) groups excluding carboxylic acids is 1. The highest BCUT2D eigenvalue weighted by Gasteiger charge is 2.31. The molecule has 1 aliphatic rings. The van der Waals surface area contributed by atoms with Crippen LogP contribution in [0.25, 0.3) is 5.69 Å². The summed E-state index contributed by atoms with van der Waals surface area (Å²) in [5, 5.41) is 4.38. The Balaban J connectivity index is 1.71. The van der Waals surface area contributed by atoms with Gasteiger partial charge in [-0.15, -0.1) is 5.10 Å². The van der Waals surface area contributed by atoms with Gasteiger partial charge in [-0.05, 0) is 62.6 Å². The van der Waals surface area contributed by atoms with E-state index in [0.29, 0.717) is 11.5 Å². The largest absolute Gasteiger partial charge is 0.303 e. The number of hydrogen-bond acceptors (Lipinski definition) is 3. The van der Waals surface area contributed by atoms with Gasteiger partial charge in [0.1, 0.15) is 11.6 Å². The van der Waals surface area contributed by atoms with Crippen LogP contribution in [-0.4, -0.2) is 26.7 Å². The molecule has 0 unspecified atom stereocenters. The van der Waals surface area contributed by atoms with Gasteiger partial charge in [0, 0.05) is 11.7 Å². The van der Waals surface area contributed by atoms with Crippen molar-refractivity contribution in [2.24, 2.45) is 0 Å². The van der Waals surface area contributed by atoms with Crippen LogP contribution < -0.4 is 4.90 Å². The van der Waals surface area contributed by atoms with E-state index in [1.54, 1.807) is 28.6 Å². The first-order valence-electron chi connectivity index (χ1n) is 8.65. The quantitative estimate of drug-likeness (QED) is 0.708. The molecule has 3 aromatic rings. The summed E-state index contributed by atoms with van der Waals surface area (Å²) in [5.41, 5.74) is 2.75. The number of fused-ring (bicyclic) bond motifs is 1. The molecular weight excluding hydrogens is 331 g/mol. The number of benzene rings is 2. The van der Waals surface area contributed by atoms with Crippen molar-refractivity contribution in [2.75, 3.05) is 4.90 Å². The number of halogens is 1. The minimum Gasteiger partial charge on any atom is -0.303 e. The molecule has 1 aromatic heterocycles. The Bertz CT molecular complexity index is 964. The van der Waals surface area contributed by atoms with Gasteiger partial charge in [-0.2, -0.15) is 0 Å². The lowest BCUT2D eigenvalue weighted by Gasteiger charge is -2.34. The molecule has 0 N–H and O–H groups in total. The van der Waals surface area contributed by atoms with Gasteiger partial charge in [-0.1, -0.05) is 18.2 Å². The number of aromatic nitrogens is 3. The molecule has 1 aliphatic heterocycles. The molecule has 2 heterocycles. The lowest BCUT2D eigenvalue weighted by molar-refractivity contribution is 0.0965. The van der Waals surface area contributed by atoms with E-state index in [2.05, 4.69) is 16.1 Å². The van der Waals surface area contributed by atoms with Crippen LogP contribution in [0.3, 0.4) is 0 Å². The van der Waals surface area contributed by atoms with Crippen LogP contribution >= 0.6 is 0 Å². The Hall–Kier alpha value is -3.02. The highest BCUT2D eigenvalue weighted by atomic mass is 19.1. The van der Waals surface area contributed by atoms with Gasteiger partial charge in [0.2, 0.25) is 5.82 Å². The Kier molecular flexibility index (Phi) is 4.03. The number of anilines is 1. The first-order valence-corrected chi connectivity index (χ1v) is 8.65. The van der Waals surface area contributed by atoms with Gasteiger partial charge >= 0.3 is 0 Å². The van der Waals surface area contributed by atoms with E-state index in [-0.39, 0.29) is 23.6 Å². The maximum Gasteiger partial charge on any atom is 0.298 e. The summed E-state index contributed by atoms with van der Waals surface area (Å²) in [4.78, 5) is 19.3. The Morgan fingerprint density at radius 1 is 1.15 bits per heavy atom. The van der Waals surface area contributed by atoms with Crippen LogP contribution in [-0.2, 0) is 6.42 Å². The third kappa shape index (κ3) is 2.77. The van der Waals surface area contributed by atoms with Gasteiger partial charge in [-0.3, -0.25) is 4.79 Å². The number of hydrogen-bond donors (Lipinski definition) is 0. The van der Waals surface area contributed by atoms with Gasteiger partial charge in [0.15, 0.2) is 0 Å². The fourth-order valence-electron chi connectivity index (χ4n) is 3.41. The zero-order chi connectivity index (χ0) is 18.3. The van der Waals surface area contributed by atoms with Crippen LogP contribution in [0.15, 0.2) is 48.5 Å². The summed E-state index contributed by atoms with van der Waals surface area (Å²) in [6, 6.07) is 14.0. The van der Waals surface area contributed by atoms with Crippen molar-refractivity contribution in [2.45, 2.75) is 32.7 Å². The lowest BCUT2D eigenvalue weighted by atomic mass is 9.96. The third-order valence-electron chi connectivity index (χ3n) is 4.77. The Morgan fingerprint density at radius 2 is 1.88 bits per heavy atom. The van der Waals surface area contributed by atoms with Crippen molar-refractivity contribution in [3.63, 3.8) is 0 Å². The molecule has 5 nitrogen and oxygen atoms in total. The smallest absolute Gasteiger partial charge is 0.298 e. The van der Waals surface area contributed by atoms with Crippen molar-refractivity contribution < 1.29 is 9.18 Å². The second-order valence-corrected chi connectivity index (χ2v) is 6.56. The van der Waals surface area contributed by atoms with Crippen LogP contribution in [0.1, 0.15) is 35.4 Å². The second kappa shape index (κ2) is 6.37. The average molecular weight is 350 g/mol. The molecule has 1 amide bonds. The number of amides is 1. The van der Waals surface area contributed by atoms with Gasteiger partial charge in [0.05, 0.1) is 5.69 Å². The molecule has 6 heteroatoms. The maximum absolute atomic E-state index is 13.2. The molecule has 0 saturated heterocycles. The maximum atomic E-state index is 13.2. The first kappa shape index (κ1) is 16.4. The van der Waals surface area contributed by atoms with E-state index in [4.69, 9.17) is 0 Å². The summed E-state index contributed by atoms with van der Waals surface area (Å²) < 4.78 is 14.7. The number of rotatable bonds is 2. The molecule has 132 valence electrons. The molecule has 0 radical (unpaired) electrons. The van der Waals surface area contributed by atoms with Crippen LogP contribution in [0, 0.1) is 12.7 Å². The molecule has 1 atom stereocenters. The summed E-state index contributed by atoms with van der Waals surface area (Å²) in [7, 11) is 0. The molecule has 0 fully saturated rings. The summed E-state index contributed by atoms with van der Waals surface area (Å²) >= 11 is 0. The van der Waals surface area contributed by atoms with Crippen LogP contribution in [0.4, 0.5) is 10.1 Å². The predicted molar refractivity (Wildman–Crippen MR) is 97.1 cm³/mol. The topological polar surface area (TPSA) is 51.0 Å². The number of carbonyl (C=O) groups is 1. The normalized spacial score (nSPS) is 16.4. The van der Waals surface area contributed by atoms with Gasteiger partial charge < -0.3 is 4.90 Å². The standard InChI is InChI=1S/C20H19FN4O/c1-13-7-8-15-5-3-4-6-18(15)24(13)20(26)19-22-14(2)25(23-19)17-11-9-16(21)10-12-17/h3-6,9-13H,7-8H2,1-2H3/t13-/m0/s1. The predicted octanol–water partition coefficient (Wildman–Crippen LogP) is 3.70.